The minimum atomic E-state index is -1.28. The first kappa shape index (κ1) is 11.2. The summed E-state index contributed by atoms with van der Waals surface area (Å²) in [5, 5.41) is 1.49. The quantitative estimate of drug-likeness (QED) is 0.411. The van der Waals surface area contributed by atoms with Gasteiger partial charge in [-0.05, 0) is 6.42 Å². The Bertz CT molecular complexity index is 280. The summed E-state index contributed by atoms with van der Waals surface area (Å²) in [5.41, 5.74) is 0. The highest BCUT2D eigenvalue weighted by atomic mass is 28.3. The summed E-state index contributed by atoms with van der Waals surface area (Å²) in [6, 6.07) is 11.9. The van der Waals surface area contributed by atoms with E-state index >= 15 is 0 Å². The van der Waals surface area contributed by atoms with E-state index in [1.807, 2.05) is 0 Å². The summed E-state index contributed by atoms with van der Waals surface area (Å²) in [4.78, 5) is 10.2. The van der Waals surface area contributed by atoms with Gasteiger partial charge in [-0.15, -0.1) is 0 Å². The van der Waals surface area contributed by atoms with Crippen LogP contribution in [0.5, 0.6) is 0 Å². The Hall–Kier alpha value is -0.893. The molecule has 0 atom stereocenters. The first-order valence-corrected chi connectivity index (χ1v) is 8.37. The molecule has 0 aliphatic carbocycles. The fraction of sp³-hybridized carbons (Fsp3) is 0.417. The van der Waals surface area contributed by atoms with E-state index in [4.69, 9.17) is 0 Å². The van der Waals surface area contributed by atoms with E-state index in [1.54, 1.807) is 0 Å². The molecule has 0 bridgehead atoms. The molecule has 0 saturated carbocycles. The van der Waals surface area contributed by atoms with E-state index in [9.17, 15) is 4.79 Å². The lowest BCUT2D eigenvalue weighted by Crippen LogP contribution is -2.40. The molecule has 2 heteroatoms. The van der Waals surface area contributed by atoms with Crippen molar-refractivity contribution in [1.82, 2.24) is 0 Å². The molecule has 0 aromatic heterocycles. The largest absolute Gasteiger partial charge is 0.303 e. The van der Waals surface area contributed by atoms with Crippen molar-refractivity contribution in [3.8, 4) is 0 Å². The molecule has 1 nitrogen and oxygen atoms in total. The van der Waals surface area contributed by atoms with Gasteiger partial charge in [-0.25, -0.2) is 0 Å². The van der Waals surface area contributed by atoms with E-state index in [-0.39, 0.29) is 0 Å². The van der Waals surface area contributed by atoms with Crippen LogP contribution in [-0.4, -0.2) is 14.4 Å². The predicted molar refractivity (Wildman–Crippen MR) is 63.7 cm³/mol. The average molecular weight is 206 g/mol. The maximum Gasteiger partial charge on any atom is 0.119 e. The molecular formula is C12H18OSi. The maximum absolute atomic E-state index is 10.2. The topological polar surface area (TPSA) is 17.1 Å². The molecule has 1 aromatic carbocycles. The van der Waals surface area contributed by atoms with Crippen molar-refractivity contribution in [1.29, 1.82) is 0 Å². The van der Waals surface area contributed by atoms with Crippen LogP contribution < -0.4 is 5.19 Å². The highest BCUT2D eigenvalue weighted by Crippen LogP contribution is 2.13. The van der Waals surface area contributed by atoms with Gasteiger partial charge in [0.05, 0.1) is 8.07 Å². The van der Waals surface area contributed by atoms with Crippen LogP contribution in [0.25, 0.3) is 0 Å². The Kier molecular flexibility index (Phi) is 4.08. The molecule has 0 amide bonds. The van der Waals surface area contributed by atoms with Crippen LogP contribution in [-0.2, 0) is 4.79 Å². The number of rotatable bonds is 5. The van der Waals surface area contributed by atoms with Crippen LogP contribution in [0, 0.1) is 0 Å². The van der Waals surface area contributed by atoms with Gasteiger partial charge in [0.25, 0.3) is 0 Å². The zero-order valence-electron chi connectivity index (χ0n) is 8.99. The van der Waals surface area contributed by atoms with Gasteiger partial charge in [-0.3, -0.25) is 0 Å². The lowest BCUT2D eigenvalue weighted by atomic mass is 10.4. The van der Waals surface area contributed by atoms with Crippen LogP contribution in [0.4, 0.5) is 0 Å². The van der Waals surface area contributed by atoms with Crippen LogP contribution >= 0.6 is 0 Å². The summed E-state index contributed by atoms with van der Waals surface area (Å²) in [6.45, 7) is 4.74. The predicted octanol–water partition coefficient (Wildman–Crippen LogP) is 2.58. The number of hydrogen-bond acceptors (Lipinski definition) is 1. The normalized spacial score (nSPS) is 11.3. The average Bonchev–Trinajstić information content (AvgIpc) is 2.19. The Morgan fingerprint density at radius 1 is 1.21 bits per heavy atom. The maximum atomic E-state index is 10.2. The third-order valence-electron chi connectivity index (χ3n) is 2.68. The van der Waals surface area contributed by atoms with Crippen LogP contribution in [0.15, 0.2) is 30.3 Å². The highest BCUT2D eigenvalue weighted by molar-refractivity contribution is 6.89. The van der Waals surface area contributed by atoms with Crippen LogP contribution in [0.2, 0.25) is 19.1 Å². The molecule has 1 aromatic rings. The molecule has 0 radical (unpaired) electrons. The Morgan fingerprint density at radius 3 is 2.43 bits per heavy atom. The van der Waals surface area contributed by atoms with Crippen molar-refractivity contribution >= 4 is 19.5 Å². The second kappa shape index (κ2) is 5.10. The summed E-state index contributed by atoms with van der Waals surface area (Å²) in [5.74, 6) is 0. The zero-order chi connectivity index (χ0) is 10.4. The monoisotopic (exact) mass is 206 g/mol. The fourth-order valence-corrected chi connectivity index (χ4v) is 4.13. The smallest absolute Gasteiger partial charge is 0.119 e. The van der Waals surface area contributed by atoms with Crippen molar-refractivity contribution in [2.45, 2.75) is 32.0 Å². The minimum absolute atomic E-state index is 0.712. The SMILES string of the molecule is C[Si](C)(CCCC=O)c1ccccc1. The molecule has 76 valence electrons. The van der Waals surface area contributed by atoms with Crippen molar-refractivity contribution < 1.29 is 4.79 Å². The van der Waals surface area contributed by atoms with E-state index in [0.717, 1.165) is 12.7 Å². The summed E-state index contributed by atoms with van der Waals surface area (Å²) < 4.78 is 0. The summed E-state index contributed by atoms with van der Waals surface area (Å²) in [6.07, 6.45) is 2.77. The summed E-state index contributed by atoms with van der Waals surface area (Å²) >= 11 is 0. The number of hydrogen-bond donors (Lipinski definition) is 0. The first-order valence-electron chi connectivity index (χ1n) is 5.16. The Labute approximate surface area is 87.2 Å². The lowest BCUT2D eigenvalue weighted by molar-refractivity contribution is -0.107. The zero-order valence-corrected chi connectivity index (χ0v) is 9.99. The van der Waals surface area contributed by atoms with Crippen LogP contribution in [0.3, 0.4) is 0 Å². The number of benzene rings is 1. The van der Waals surface area contributed by atoms with E-state index in [2.05, 4.69) is 43.4 Å². The van der Waals surface area contributed by atoms with Crippen molar-refractivity contribution in [2.24, 2.45) is 0 Å². The van der Waals surface area contributed by atoms with Crippen molar-refractivity contribution in [2.75, 3.05) is 0 Å². The third-order valence-corrected chi connectivity index (χ3v) is 6.18. The second-order valence-electron chi connectivity index (χ2n) is 4.31. The molecular weight excluding hydrogens is 188 g/mol. The van der Waals surface area contributed by atoms with Crippen molar-refractivity contribution in [3.05, 3.63) is 30.3 Å². The molecule has 0 unspecified atom stereocenters. The number of carbonyl (C=O) groups is 1. The van der Waals surface area contributed by atoms with Gasteiger partial charge < -0.3 is 4.79 Å². The Balaban J connectivity index is 2.61. The molecule has 0 aliphatic rings. The van der Waals surface area contributed by atoms with Gasteiger partial charge >= 0.3 is 0 Å². The highest BCUT2D eigenvalue weighted by Gasteiger charge is 2.21. The number of aldehydes is 1. The van der Waals surface area contributed by atoms with Gasteiger partial charge in [0.1, 0.15) is 6.29 Å². The first-order chi connectivity index (χ1) is 6.67. The molecule has 0 fully saturated rings. The van der Waals surface area contributed by atoms with Gasteiger partial charge in [0.15, 0.2) is 0 Å². The van der Waals surface area contributed by atoms with Gasteiger partial charge in [0.2, 0.25) is 0 Å². The van der Waals surface area contributed by atoms with E-state index in [0.29, 0.717) is 6.42 Å². The number of unbranched alkanes of at least 4 members (excludes halogenated alkanes) is 1. The van der Waals surface area contributed by atoms with Crippen LogP contribution in [0.1, 0.15) is 12.8 Å². The fourth-order valence-electron chi connectivity index (χ4n) is 1.66. The number of carbonyl (C=O) groups excluding carboxylic acids is 1. The molecule has 0 aliphatic heterocycles. The lowest BCUT2D eigenvalue weighted by Gasteiger charge is -2.22. The third kappa shape index (κ3) is 3.11. The van der Waals surface area contributed by atoms with Gasteiger partial charge in [-0.2, -0.15) is 0 Å². The molecule has 1 rings (SSSR count). The molecule has 0 heterocycles. The Morgan fingerprint density at radius 2 is 1.86 bits per heavy atom. The molecule has 0 spiro atoms. The van der Waals surface area contributed by atoms with Gasteiger partial charge in [0, 0.05) is 6.42 Å². The second-order valence-corrected chi connectivity index (χ2v) is 9.15. The standard InChI is InChI=1S/C12H18OSi/c1-14(2,11-7-6-10-13)12-8-4-3-5-9-12/h3-5,8-10H,6-7,11H2,1-2H3. The molecule has 0 N–H and O–H groups in total. The van der Waals surface area contributed by atoms with Gasteiger partial charge in [-0.1, -0.05) is 54.7 Å². The van der Waals surface area contributed by atoms with Crippen molar-refractivity contribution in [3.63, 3.8) is 0 Å². The van der Waals surface area contributed by atoms with E-state index in [1.165, 1.54) is 11.2 Å². The molecule has 14 heavy (non-hydrogen) atoms. The minimum Gasteiger partial charge on any atom is -0.303 e. The van der Waals surface area contributed by atoms with E-state index < -0.39 is 8.07 Å². The summed E-state index contributed by atoms with van der Waals surface area (Å²) in [7, 11) is -1.28. The molecule has 0 saturated heterocycles.